The summed E-state index contributed by atoms with van der Waals surface area (Å²) in [7, 11) is 1.71. The Morgan fingerprint density at radius 2 is 1.44 bits per heavy atom. The first-order valence-electron chi connectivity index (χ1n) is 8.40. The summed E-state index contributed by atoms with van der Waals surface area (Å²) in [5.74, 6) is 1.80. The minimum absolute atomic E-state index is 0. The molecule has 0 aromatic heterocycles. The molecular weight excluding hydrogens is 442 g/mol. The van der Waals surface area contributed by atoms with E-state index in [2.05, 4.69) is 22.0 Å². The second-order valence-electron chi connectivity index (χ2n) is 6.30. The number of aliphatic hydroxyl groups is 1. The second kappa shape index (κ2) is 11.7. The predicted molar refractivity (Wildman–Crippen MR) is 108 cm³/mol. The topological polar surface area (TPSA) is 38.7 Å². The monoisotopic (exact) mass is 471 g/mol. The van der Waals surface area contributed by atoms with Crippen LogP contribution in [0.4, 0.5) is 0 Å². The van der Waals surface area contributed by atoms with Crippen LogP contribution in [0.2, 0.25) is 14.3 Å². The summed E-state index contributed by atoms with van der Waals surface area (Å²) in [6.45, 7) is 0.386. The van der Waals surface area contributed by atoms with E-state index in [4.69, 9.17) is 9.47 Å². The van der Waals surface area contributed by atoms with Crippen molar-refractivity contribution in [2.24, 2.45) is 0 Å². The molecule has 2 aromatic rings. The molecule has 1 unspecified atom stereocenters. The molecule has 0 saturated carbocycles. The summed E-state index contributed by atoms with van der Waals surface area (Å²) in [5.41, 5.74) is 2.37. The summed E-state index contributed by atoms with van der Waals surface area (Å²) in [4.78, 5) is 4.60. The summed E-state index contributed by atoms with van der Waals surface area (Å²) in [6, 6.07) is 16.2. The third-order valence-electron chi connectivity index (χ3n) is 3.90. The third kappa shape index (κ3) is 7.46. The van der Waals surface area contributed by atoms with E-state index in [9.17, 15) is 5.11 Å². The van der Waals surface area contributed by atoms with Gasteiger partial charge in [-0.1, -0.05) is 0 Å². The number of benzene rings is 2. The fourth-order valence-corrected chi connectivity index (χ4v) is 5.77. The van der Waals surface area contributed by atoms with Crippen molar-refractivity contribution in [3.8, 4) is 11.5 Å². The van der Waals surface area contributed by atoms with Crippen LogP contribution in [0.5, 0.6) is 11.5 Å². The zero-order chi connectivity index (χ0) is 17.4. The van der Waals surface area contributed by atoms with Crippen molar-refractivity contribution in [3.63, 3.8) is 0 Å². The minimum atomic E-state index is -1.29. The van der Waals surface area contributed by atoms with E-state index in [0.29, 0.717) is 6.61 Å². The molecule has 0 spiro atoms. The van der Waals surface area contributed by atoms with Gasteiger partial charge >= 0.3 is 152 Å². The number of halogens is 1. The molecule has 1 radical (unpaired) electrons. The van der Waals surface area contributed by atoms with Crippen LogP contribution in [0.1, 0.15) is 11.1 Å². The molecule has 0 aliphatic carbocycles. The molecule has 5 heteroatoms. The molecule has 1 N–H and O–H groups in total. The number of rotatable bonds is 9. The van der Waals surface area contributed by atoms with Gasteiger partial charge in [0.15, 0.2) is 0 Å². The van der Waals surface area contributed by atoms with Crippen molar-refractivity contribution in [3.05, 3.63) is 59.7 Å². The summed E-state index contributed by atoms with van der Waals surface area (Å²) in [6.07, 6.45) is 1.45. The second-order valence-corrected chi connectivity index (χ2v) is 14.4. The van der Waals surface area contributed by atoms with E-state index in [1.54, 1.807) is 7.11 Å². The number of aryl methyl sites for hydroxylation is 2. The van der Waals surface area contributed by atoms with Gasteiger partial charge in [-0.2, -0.15) is 0 Å². The average Bonchev–Trinajstić information content (AvgIpc) is 2.58. The third-order valence-corrected chi connectivity index (χ3v) is 7.58. The molecule has 137 valence electrons. The zero-order valence-electron chi connectivity index (χ0n) is 15.2. The van der Waals surface area contributed by atoms with Crippen molar-refractivity contribution in [1.29, 1.82) is 0 Å². The van der Waals surface area contributed by atoms with Crippen molar-refractivity contribution in [2.45, 2.75) is 33.3 Å². The van der Waals surface area contributed by atoms with Crippen molar-refractivity contribution in [1.82, 2.24) is 0 Å². The Hall–Kier alpha value is -0.911. The molecule has 3 nitrogen and oxygen atoms in total. The summed E-state index contributed by atoms with van der Waals surface area (Å²) < 4.78 is 12.3. The zero-order valence-corrected chi connectivity index (χ0v) is 18.9. The number of aliphatic hydroxyl groups excluding tert-OH is 1. The molecular formula is C20H28ClO3Sn. The summed E-state index contributed by atoms with van der Waals surface area (Å²) in [5, 5.41) is 10.1. The Morgan fingerprint density at radius 1 is 0.920 bits per heavy atom. The van der Waals surface area contributed by atoms with E-state index in [-0.39, 0.29) is 18.5 Å². The maximum Gasteiger partial charge on any atom is -0.147 e. The van der Waals surface area contributed by atoms with Crippen molar-refractivity contribution in [2.75, 3.05) is 13.7 Å². The Balaban J connectivity index is 0.00000312. The van der Waals surface area contributed by atoms with E-state index in [1.165, 1.54) is 11.1 Å². The summed E-state index contributed by atoms with van der Waals surface area (Å²) >= 11 is -1.29. The maximum atomic E-state index is 10.1. The molecule has 0 saturated heterocycles. The molecule has 25 heavy (non-hydrogen) atoms. The van der Waals surface area contributed by atoms with E-state index >= 15 is 0 Å². The van der Waals surface area contributed by atoms with Gasteiger partial charge in [-0.3, -0.25) is 0 Å². The van der Waals surface area contributed by atoms with Crippen LogP contribution in [0.25, 0.3) is 0 Å². The van der Waals surface area contributed by atoms with Crippen LogP contribution < -0.4 is 9.47 Å². The number of hydrogen-bond acceptors (Lipinski definition) is 3. The van der Waals surface area contributed by atoms with Crippen LogP contribution in [0.15, 0.2) is 48.5 Å². The molecule has 0 heterocycles. The first-order chi connectivity index (χ1) is 11.6. The maximum absolute atomic E-state index is 10.1. The molecule has 1 atom stereocenters. The van der Waals surface area contributed by atoms with Crippen LogP contribution in [-0.4, -0.2) is 44.7 Å². The van der Waals surface area contributed by atoms with Gasteiger partial charge in [0, 0.05) is 0 Å². The predicted octanol–water partition coefficient (Wildman–Crippen LogP) is 4.40. The van der Waals surface area contributed by atoms with E-state index in [0.717, 1.165) is 28.8 Å². The largest absolute Gasteiger partial charge is 0.147 e. The fraction of sp³-hybridized carbons (Fsp3) is 0.400. The molecule has 2 rings (SSSR count). The molecule has 2 aromatic carbocycles. The Labute approximate surface area is 164 Å². The fourth-order valence-electron chi connectivity index (χ4n) is 2.75. The SMILES string of the molecule is COc1ccccc1CCc1ccccc1OCC(O)[CH2][Sn]([CH3])[CH3].Cl. The number of ether oxygens (including phenoxy) is 2. The van der Waals surface area contributed by atoms with Gasteiger partial charge < -0.3 is 0 Å². The van der Waals surface area contributed by atoms with Crippen LogP contribution in [-0.2, 0) is 12.8 Å². The Bertz CT molecular complexity index is 634. The molecule has 0 aliphatic rings. The standard InChI is InChI=1S/C18H21O3.2CH3.ClH.Sn/c1-14(19)13-21-18-10-6-4-8-16(18)12-11-15-7-3-5-9-17(15)20-2;;;;/h3-10,14,19H,1,11-13H2,2H3;2*1H3;1H;. The van der Waals surface area contributed by atoms with E-state index < -0.39 is 19.8 Å². The number of hydrogen-bond donors (Lipinski definition) is 1. The van der Waals surface area contributed by atoms with Crippen molar-refractivity contribution >= 4 is 32.2 Å². The number of methoxy groups -OCH3 is 1. The van der Waals surface area contributed by atoms with Gasteiger partial charge in [0.05, 0.1) is 0 Å². The first-order valence-corrected chi connectivity index (χ1v) is 16.1. The van der Waals surface area contributed by atoms with Crippen molar-refractivity contribution < 1.29 is 14.6 Å². The van der Waals surface area contributed by atoms with Gasteiger partial charge in [-0.15, -0.1) is 12.4 Å². The molecule has 0 bridgehead atoms. The van der Waals surface area contributed by atoms with Crippen LogP contribution >= 0.6 is 12.4 Å². The quantitative estimate of drug-likeness (QED) is 0.553. The molecule has 0 amide bonds. The molecule has 0 fully saturated rings. The smallest absolute Gasteiger partial charge is 0.147 e. The van der Waals surface area contributed by atoms with Gasteiger partial charge in [0.2, 0.25) is 0 Å². The number of para-hydroxylation sites is 2. The molecule has 0 aliphatic heterocycles. The minimum Gasteiger partial charge on any atom is -0.147 e. The van der Waals surface area contributed by atoms with Gasteiger partial charge in [-0.25, -0.2) is 0 Å². The average molecular weight is 471 g/mol. The first kappa shape index (κ1) is 22.1. The normalized spacial score (nSPS) is 11.7. The van der Waals surface area contributed by atoms with Gasteiger partial charge in [0.1, 0.15) is 0 Å². The van der Waals surface area contributed by atoms with Crippen LogP contribution in [0, 0.1) is 0 Å². The Morgan fingerprint density at radius 3 is 2.00 bits per heavy atom. The van der Waals surface area contributed by atoms with Gasteiger partial charge in [-0.05, 0) is 0 Å². The van der Waals surface area contributed by atoms with Gasteiger partial charge in [0.25, 0.3) is 0 Å². The van der Waals surface area contributed by atoms with E-state index in [1.807, 2.05) is 36.4 Å². The Kier molecular flexibility index (Phi) is 10.3. The van der Waals surface area contributed by atoms with Crippen LogP contribution in [0.3, 0.4) is 0 Å².